The lowest BCUT2D eigenvalue weighted by atomic mass is 10.1. The molecule has 0 spiro atoms. The van der Waals surface area contributed by atoms with Crippen molar-refractivity contribution >= 4 is 0 Å². The lowest BCUT2D eigenvalue weighted by molar-refractivity contribution is 0.165. The predicted octanol–water partition coefficient (Wildman–Crippen LogP) is 2.00. The van der Waals surface area contributed by atoms with Gasteiger partial charge in [0, 0.05) is 25.9 Å². The number of hydrogen-bond acceptors (Lipinski definition) is 2. The molecule has 1 N–H and O–H groups in total. The van der Waals surface area contributed by atoms with Crippen molar-refractivity contribution in [2.45, 2.75) is 19.4 Å². The highest BCUT2D eigenvalue weighted by Gasteiger charge is 2.12. The van der Waals surface area contributed by atoms with Crippen LogP contribution >= 0.6 is 0 Å². The molecule has 1 unspecified atom stereocenters. The molecule has 0 saturated carbocycles. The van der Waals surface area contributed by atoms with E-state index in [2.05, 4.69) is 24.0 Å². The van der Waals surface area contributed by atoms with Gasteiger partial charge in [0.15, 0.2) is 0 Å². The highest BCUT2D eigenvalue weighted by Crippen LogP contribution is 2.16. The van der Waals surface area contributed by atoms with Crippen molar-refractivity contribution in [3.8, 4) is 0 Å². The van der Waals surface area contributed by atoms with Crippen LogP contribution in [0.2, 0.25) is 0 Å². The first kappa shape index (κ1) is 10.9. The number of aromatic nitrogens is 2. The van der Waals surface area contributed by atoms with Gasteiger partial charge in [-0.2, -0.15) is 0 Å². The molecular weight excluding hydrogens is 200 g/mol. The molecule has 84 valence electrons. The van der Waals surface area contributed by atoms with Gasteiger partial charge in [-0.05, 0) is 12.5 Å². The van der Waals surface area contributed by atoms with Gasteiger partial charge in [-0.3, -0.25) is 0 Å². The molecule has 1 aromatic heterocycles. The van der Waals surface area contributed by atoms with Gasteiger partial charge in [-0.25, -0.2) is 4.98 Å². The fraction of sp³-hybridized carbons (Fsp3) is 0.308. The van der Waals surface area contributed by atoms with Crippen molar-refractivity contribution in [2.24, 2.45) is 7.05 Å². The normalized spacial score (nSPS) is 12.7. The van der Waals surface area contributed by atoms with Crippen LogP contribution in [0.1, 0.15) is 23.1 Å². The Balaban J connectivity index is 2.10. The van der Waals surface area contributed by atoms with E-state index in [1.165, 1.54) is 5.56 Å². The zero-order chi connectivity index (χ0) is 11.5. The van der Waals surface area contributed by atoms with Crippen LogP contribution in [0.4, 0.5) is 0 Å². The lowest BCUT2D eigenvalue weighted by Gasteiger charge is -2.10. The Kier molecular flexibility index (Phi) is 3.06. The first-order chi connectivity index (χ1) is 7.66. The summed E-state index contributed by atoms with van der Waals surface area (Å²) in [7, 11) is 1.89. The number of hydrogen-bond donors (Lipinski definition) is 1. The maximum atomic E-state index is 10.0. The van der Waals surface area contributed by atoms with Crippen LogP contribution in [0.5, 0.6) is 0 Å². The van der Waals surface area contributed by atoms with E-state index < -0.39 is 6.10 Å². The molecule has 1 atom stereocenters. The summed E-state index contributed by atoms with van der Waals surface area (Å²) in [5.41, 5.74) is 2.36. The Bertz CT molecular complexity index is 459. The Hall–Kier alpha value is -1.61. The topological polar surface area (TPSA) is 38.1 Å². The minimum absolute atomic E-state index is 0.539. The van der Waals surface area contributed by atoms with Gasteiger partial charge in [0.1, 0.15) is 11.9 Å². The van der Waals surface area contributed by atoms with E-state index in [-0.39, 0.29) is 0 Å². The van der Waals surface area contributed by atoms with Crippen LogP contribution < -0.4 is 0 Å². The predicted molar refractivity (Wildman–Crippen MR) is 63.1 cm³/mol. The summed E-state index contributed by atoms with van der Waals surface area (Å²) >= 11 is 0. The van der Waals surface area contributed by atoms with Gasteiger partial charge in [-0.15, -0.1) is 0 Å². The van der Waals surface area contributed by atoms with Gasteiger partial charge in [0.05, 0.1) is 0 Å². The van der Waals surface area contributed by atoms with Crippen molar-refractivity contribution in [3.05, 3.63) is 53.6 Å². The molecule has 0 fully saturated rings. The summed E-state index contributed by atoms with van der Waals surface area (Å²) in [4.78, 5) is 4.14. The number of benzene rings is 1. The second-order valence-corrected chi connectivity index (χ2v) is 4.10. The summed E-state index contributed by atoms with van der Waals surface area (Å²) in [6.07, 6.45) is 3.61. The average molecular weight is 216 g/mol. The molecule has 1 aromatic carbocycles. The zero-order valence-electron chi connectivity index (χ0n) is 9.59. The number of aliphatic hydroxyl groups excluding tert-OH is 1. The van der Waals surface area contributed by atoms with Crippen LogP contribution in [0.3, 0.4) is 0 Å². The molecule has 3 nitrogen and oxygen atoms in total. The lowest BCUT2D eigenvalue weighted by Crippen LogP contribution is -2.08. The number of aryl methyl sites for hydroxylation is 2. The third-order valence-corrected chi connectivity index (χ3v) is 2.71. The van der Waals surface area contributed by atoms with Crippen molar-refractivity contribution in [1.82, 2.24) is 9.55 Å². The number of nitrogens with zero attached hydrogens (tertiary/aromatic N) is 2. The second kappa shape index (κ2) is 4.49. The van der Waals surface area contributed by atoms with Gasteiger partial charge < -0.3 is 9.67 Å². The minimum Gasteiger partial charge on any atom is -0.385 e. The van der Waals surface area contributed by atoms with Gasteiger partial charge in [-0.1, -0.05) is 29.8 Å². The molecule has 3 heteroatoms. The van der Waals surface area contributed by atoms with Crippen molar-refractivity contribution < 1.29 is 5.11 Å². The molecule has 16 heavy (non-hydrogen) atoms. The van der Waals surface area contributed by atoms with Crippen molar-refractivity contribution in [3.63, 3.8) is 0 Å². The molecule has 0 saturated heterocycles. The minimum atomic E-state index is -0.539. The van der Waals surface area contributed by atoms with E-state index in [0.29, 0.717) is 12.2 Å². The van der Waals surface area contributed by atoms with E-state index >= 15 is 0 Å². The average Bonchev–Trinajstić information content (AvgIpc) is 2.68. The maximum Gasteiger partial charge on any atom is 0.137 e. The largest absolute Gasteiger partial charge is 0.385 e. The van der Waals surface area contributed by atoms with Crippen LogP contribution in [-0.2, 0) is 13.5 Å². The van der Waals surface area contributed by atoms with Crippen molar-refractivity contribution in [2.75, 3.05) is 0 Å². The molecule has 2 aromatic rings. The SMILES string of the molecule is Cc1ccc(CC(O)c2nccn2C)cc1. The van der Waals surface area contributed by atoms with E-state index in [1.807, 2.05) is 29.9 Å². The third-order valence-electron chi connectivity index (χ3n) is 2.71. The third kappa shape index (κ3) is 2.31. The van der Waals surface area contributed by atoms with Gasteiger partial charge in [0.2, 0.25) is 0 Å². The first-order valence-electron chi connectivity index (χ1n) is 5.37. The molecule has 0 aliphatic rings. The molecule has 0 aliphatic heterocycles. The smallest absolute Gasteiger partial charge is 0.137 e. The second-order valence-electron chi connectivity index (χ2n) is 4.10. The van der Waals surface area contributed by atoms with Gasteiger partial charge >= 0.3 is 0 Å². The summed E-state index contributed by atoms with van der Waals surface area (Å²) in [6.45, 7) is 2.05. The fourth-order valence-electron chi connectivity index (χ4n) is 1.74. The maximum absolute atomic E-state index is 10.0. The standard InChI is InChI=1S/C13H16N2O/c1-10-3-5-11(6-4-10)9-12(16)13-14-7-8-15(13)2/h3-8,12,16H,9H2,1-2H3. The van der Waals surface area contributed by atoms with Gasteiger partial charge in [0.25, 0.3) is 0 Å². The van der Waals surface area contributed by atoms with Crippen LogP contribution in [-0.4, -0.2) is 14.7 Å². The Labute approximate surface area is 95.4 Å². The summed E-state index contributed by atoms with van der Waals surface area (Å²) in [5, 5.41) is 10.0. The van der Waals surface area contributed by atoms with Crippen LogP contribution in [0.25, 0.3) is 0 Å². The molecule has 2 rings (SSSR count). The quantitative estimate of drug-likeness (QED) is 0.852. The van der Waals surface area contributed by atoms with E-state index in [1.54, 1.807) is 6.20 Å². The van der Waals surface area contributed by atoms with Crippen molar-refractivity contribution in [1.29, 1.82) is 0 Å². The molecule has 0 radical (unpaired) electrons. The summed E-state index contributed by atoms with van der Waals surface area (Å²) in [6, 6.07) is 8.20. The molecule has 1 heterocycles. The van der Waals surface area contributed by atoms with Crippen LogP contribution in [0.15, 0.2) is 36.7 Å². The highest BCUT2D eigenvalue weighted by atomic mass is 16.3. The Morgan fingerprint density at radius 2 is 2.00 bits per heavy atom. The number of rotatable bonds is 3. The highest BCUT2D eigenvalue weighted by molar-refractivity contribution is 5.22. The first-order valence-corrected chi connectivity index (χ1v) is 5.37. The Morgan fingerprint density at radius 1 is 1.31 bits per heavy atom. The Morgan fingerprint density at radius 3 is 2.56 bits per heavy atom. The summed E-state index contributed by atoms with van der Waals surface area (Å²) < 4.78 is 1.85. The van der Waals surface area contributed by atoms with Crippen LogP contribution in [0, 0.1) is 6.92 Å². The molecule has 0 aliphatic carbocycles. The molecular formula is C13H16N2O. The zero-order valence-corrected chi connectivity index (χ0v) is 9.59. The number of aliphatic hydroxyl groups is 1. The molecule has 0 bridgehead atoms. The van der Waals surface area contributed by atoms with E-state index in [0.717, 1.165) is 5.56 Å². The summed E-state index contributed by atoms with van der Waals surface area (Å²) in [5.74, 6) is 0.709. The number of imidazole rings is 1. The fourth-order valence-corrected chi connectivity index (χ4v) is 1.74. The molecule has 0 amide bonds. The van der Waals surface area contributed by atoms with E-state index in [9.17, 15) is 5.11 Å². The van der Waals surface area contributed by atoms with E-state index in [4.69, 9.17) is 0 Å². The monoisotopic (exact) mass is 216 g/mol.